The van der Waals surface area contributed by atoms with Crippen molar-refractivity contribution in [2.75, 3.05) is 0 Å². The molecule has 0 N–H and O–H groups in total. The fourth-order valence-electron chi connectivity index (χ4n) is 2.28. The molecular formula is C15H26OSi. The lowest BCUT2D eigenvalue weighted by Crippen LogP contribution is -2.20. The average Bonchev–Trinajstić information content (AvgIpc) is 2.25. The maximum absolute atomic E-state index is 11.0. The predicted octanol–water partition coefficient (Wildman–Crippen LogP) is 4.59. The molecule has 0 aromatic rings. The largest absolute Gasteiger partial charge is 0.298 e. The van der Waals surface area contributed by atoms with Gasteiger partial charge in [-0.05, 0) is 43.2 Å². The number of carbonyl (C=O) groups is 1. The van der Waals surface area contributed by atoms with Crippen molar-refractivity contribution in [3.05, 3.63) is 23.3 Å². The van der Waals surface area contributed by atoms with Crippen LogP contribution < -0.4 is 0 Å². The summed E-state index contributed by atoms with van der Waals surface area (Å²) in [6.45, 7) is 9.24. The van der Waals surface area contributed by atoms with Gasteiger partial charge in [-0.15, -0.1) is 0 Å². The quantitative estimate of drug-likeness (QED) is 0.405. The van der Waals surface area contributed by atoms with E-state index < -0.39 is 8.07 Å². The molecule has 0 unspecified atom stereocenters. The minimum absolute atomic E-state index is 0.878. The Balaban J connectivity index is 2.60. The molecule has 0 aromatic heterocycles. The Bertz CT molecular complexity index is 310. The summed E-state index contributed by atoms with van der Waals surface area (Å²) in [5.41, 5.74) is 2.51. The van der Waals surface area contributed by atoms with Gasteiger partial charge in [0.25, 0.3) is 0 Å². The summed E-state index contributed by atoms with van der Waals surface area (Å²) in [7, 11) is -1.17. The maximum Gasteiger partial charge on any atom is 0.145 e. The molecule has 0 aromatic carbocycles. The molecule has 0 atom stereocenters. The summed E-state index contributed by atoms with van der Waals surface area (Å²) in [6.07, 6.45) is 10.4. The first kappa shape index (κ1) is 14.4. The highest BCUT2D eigenvalue weighted by atomic mass is 28.3. The minimum atomic E-state index is -1.17. The fourth-order valence-corrected chi connectivity index (χ4v) is 3.70. The number of aldehydes is 1. The second kappa shape index (κ2) is 6.34. The van der Waals surface area contributed by atoms with Crippen LogP contribution in [0.3, 0.4) is 0 Å². The van der Waals surface area contributed by atoms with Gasteiger partial charge in [-0.3, -0.25) is 4.79 Å². The summed E-state index contributed by atoms with van der Waals surface area (Å²) in [5.74, 6) is 0.878. The Hall–Kier alpha value is -0.633. The van der Waals surface area contributed by atoms with E-state index in [1.807, 2.05) is 0 Å². The third kappa shape index (κ3) is 6.01. The third-order valence-corrected chi connectivity index (χ3v) is 4.80. The highest BCUT2D eigenvalue weighted by Gasteiger charge is 2.15. The Labute approximate surface area is 107 Å². The molecule has 0 aliphatic heterocycles. The van der Waals surface area contributed by atoms with Crippen LogP contribution in [0.4, 0.5) is 0 Å². The zero-order valence-electron chi connectivity index (χ0n) is 11.8. The van der Waals surface area contributed by atoms with E-state index in [-0.39, 0.29) is 0 Å². The summed E-state index contributed by atoms with van der Waals surface area (Å²) in [6, 6.07) is 0.997. The van der Waals surface area contributed by atoms with Gasteiger partial charge in [0.1, 0.15) is 6.29 Å². The van der Waals surface area contributed by atoms with Crippen LogP contribution in [0.2, 0.25) is 25.7 Å². The van der Waals surface area contributed by atoms with E-state index >= 15 is 0 Å². The van der Waals surface area contributed by atoms with Crippen LogP contribution in [0.1, 0.15) is 32.6 Å². The molecule has 0 heterocycles. The van der Waals surface area contributed by atoms with Gasteiger partial charge in [-0.2, -0.15) is 0 Å². The molecule has 17 heavy (non-hydrogen) atoms. The fraction of sp³-hybridized carbons (Fsp3) is 0.667. The van der Waals surface area contributed by atoms with E-state index in [1.165, 1.54) is 31.3 Å². The molecule has 0 radical (unpaired) electrons. The zero-order valence-corrected chi connectivity index (χ0v) is 12.8. The SMILES string of the molecule is CC1CCC(=C/C=C(/C=O)C[Si](C)(C)C)CC1. The van der Waals surface area contributed by atoms with E-state index in [0.717, 1.165) is 23.8 Å². The lowest BCUT2D eigenvalue weighted by atomic mass is 9.87. The summed E-state index contributed by atoms with van der Waals surface area (Å²) in [4.78, 5) is 11.0. The molecule has 0 bridgehead atoms. The van der Waals surface area contributed by atoms with Crippen molar-refractivity contribution >= 4 is 14.4 Å². The first-order valence-corrected chi connectivity index (χ1v) is 10.5. The Morgan fingerprint density at radius 2 is 1.88 bits per heavy atom. The van der Waals surface area contributed by atoms with Gasteiger partial charge in [0.2, 0.25) is 0 Å². The first-order chi connectivity index (χ1) is 7.90. The summed E-state index contributed by atoms with van der Waals surface area (Å²) >= 11 is 0. The smallest absolute Gasteiger partial charge is 0.145 e. The summed E-state index contributed by atoms with van der Waals surface area (Å²) < 4.78 is 0. The van der Waals surface area contributed by atoms with Crippen LogP contribution in [0.15, 0.2) is 23.3 Å². The number of carbonyl (C=O) groups excluding carboxylic acids is 1. The van der Waals surface area contributed by atoms with Crippen LogP contribution in [-0.4, -0.2) is 14.4 Å². The molecule has 96 valence electrons. The molecular weight excluding hydrogens is 224 g/mol. The molecule has 1 rings (SSSR count). The van der Waals surface area contributed by atoms with E-state index in [4.69, 9.17) is 0 Å². The van der Waals surface area contributed by atoms with Crippen molar-refractivity contribution < 1.29 is 4.79 Å². The topological polar surface area (TPSA) is 17.1 Å². The Morgan fingerprint density at radius 3 is 2.35 bits per heavy atom. The number of hydrogen-bond donors (Lipinski definition) is 0. The van der Waals surface area contributed by atoms with E-state index in [9.17, 15) is 4.79 Å². The second-order valence-corrected chi connectivity index (χ2v) is 12.1. The summed E-state index contributed by atoms with van der Waals surface area (Å²) in [5, 5.41) is 0. The first-order valence-electron chi connectivity index (χ1n) is 6.74. The molecule has 0 saturated heterocycles. The van der Waals surface area contributed by atoms with Gasteiger partial charge in [0, 0.05) is 8.07 Å². The van der Waals surface area contributed by atoms with Crippen molar-refractivity contribution in [1.29, 1.82) is 0 Å². The van der Waals surface area contributed by atoms with Crippen LogP contribution in [0.25, 0.3) is 0 Å². The molecule has 0 amide bonds. The van der Waals surface area contributed by atoms with E-state index in [2.05, 4.69) is 38.7 Å². The van der Waals surface area contributed by atoms with Crippen LogP contribution >= 0.6 is 0 Å². The molecule has 0 spiro atoms. The normalized spacial score (nSPS) is 22.5. The molecule has 1 aliphatic rings. The number of hydrogen-bond acceptors (Lipinski definition) is 1. The molecule has 2 heteroatoms. The standard InChI is InChI=1S/C15H26OSi/c1-13-5-7-14(8-6-13)9-10-15(11-16)12-17(2,3)4/h9-11,13H,5-8,12H2,1-4H3/b14-9?,15-10-. The monoisotopic (exact) mass is 250 g/mol. The lowest BCUT2D eigenvalue weighted by molar-refractivity contribution is -0.104. The zero-order chi connectivity index (χ0) is 12.9. The van der Waals surface area contributed by atoms with Crippen molar-refractivity contribution in [2.45, 2.75) is 58.3 Å². The second-order valence-electron chi connectivity index (χ2n) is 6.60. The minimum Gasteiger partial charge on any atom is -0.298 e. The van der Waals surface area contributed by atoms with Crippen molar-refractivity contribution in [3.8, 4) is 0 Å². The van der Waals surface area contributed by atoms with Gasteiger partial charge >= 0.3 is 0 Å². The number of allylic oxidation sites excluding steroid dienone is 4. The van der Waals surface area contributed by atoms with Gasteiger partial charge in [-0.1, -0.05) is 44.3 Å². The van der Waals surface area contributed by atoms with Gasteiger partial charge in [-0.25, -0.2) is 0 Å². The lowest BCUT2D eigenvalue weighted by Gasteiger charge is -2.20. The Morgan fingerprint density at radius 1 is 1.29 bits per heavy atom. The van der Waals surface area contributed by atoms with Crippen molar-refractivity contribution in [1.82, 2.24) is 0 Å². The third-order valence-electron chi connectivity index (χ3n) is 3.34. The van der Waals surface area contributed by atoms with Crippen LogP contribution in [0, 0.1) is 5.92 Å². The van der Waals surface area contributed by atoms with Crippen LogP contribution in [0.5, 0.6) is 0 Å². The average molecular weight is 250 g/mol. The number of rotatable bonds is 4. The van der Waals surface area contributed by atoms with Gasteiger partial charge in [0.05, 0.1) is 0 Å². The van der Waals surface area contributed by atoms with Gasteiger partial charge in [0.15, 0.2) is 0 Å². The maximum atomic E-state index is 11.0. The highest BCUT2D eigenvalue weighted by Crippen LogP contribution is 2.27. The van der Waals surface area contributed by atoms with Crippen molar-refractivity contribution in [3.63, 3.8) is 0 Å². The van der Waals surface area contributed by atoms with Crippen LogP contribution in [-0.2, 0) is 4.79 Å². The van der Waals surface area contributed by atoms with Gasteiger partial charge < -0.3 is 0 Å². The van der Waals surface area contributed by atoms with E-state index in [1.54, 1.807) is 0 Å². The molecule has 1 aliphatic carbocycles. The van der Waals surface area contributed by atoms with Crippen molar-refractivity contribution in [2.24, 2.45) is 5.92 Å². The molecule has 1 nitrogen and oxygen atoms in total. The Kier molecular flexibility index (Phi) is 5.38. The highest BCUT2D eigenvalue weighted by molar-refractivity contribution is 6.76. The molecule has 1 fully saturated rings. The predicted molar refractivity (Wildman–Crippen MR) is 78.0 cm³/mol. The van der Waals surface area contributed by atoms with E-state index in [0.29, 0.717) is 0 Å². The molecule has 1 saturated carbocycles.